The lowest BCUT2D eigenvalue weighted by Crippen LogP contribution is -2.26. The molecule has 0 unspecified atom stereocenters. The van der Waals surface area contributed by atoms with Gasteiger partial charge in [0.2, 0.25) is 5.91 Å². The van der Waals surface area contributed by atoms with Gasteiger partial charge >= 0.3 is 0 Å². The van der Waals surface area contributed by atoms with Gasteiger partial charge in [-0.2, -0.15) is 0 Å². The van der Waals surface area contributed by atoms with Gasteiger partial charge in [-0.1, -0.05) is 12.1 Å². The molecule has 120 valence electrons. The maximum atomic E-state index is 11.5. The first-order valence-corrected chi connectivity index (χ1v) is 7.09. The highest BCUT2D eigenvalue weighted by molar-refractivity contribution is 5.85. The second-order valence-corrected chi connectivity index (χ2v) is 4.32. The van der Waals surface area contributed by atoms with Crippen LogP contribution in [0, 0.1) is 0 Å². The van der Waals surface area contributed by atoms with E-state index in [4.69, 9.17) is 15.2 Å². The van der Waals surface area contributed by atoms with E-state index in [9.17, 15) is 4.79 Å². The third-order valence-corrected chi connectivity index (χ3v) is 2.66. The molecule has 0 radical (unpaired) electrons. The number of benzene rings is 1. The third-order valence-electron chi connectivity index (χ3n) is 2.66. The lowest BCUT2D eigenvalue weighted by Gasteiger charge is -2.11. The minimum atomic E-state index is 0. The maximum absolute atomic E-state index is 11.5. The molecule has 0 fully saturated rings. The van der Waals surface area contributed by atoms with Crippen molar-refractivity contribution in [3.63, 3.8) is 0 Å². The van der Waals surface area contributed by atoms with Gasteiger partial charge in [0.25, 0.3) is 0 Å². The molecule has 5 nitrogen and oxygen atoms in total. The average Bonchev–Trinajstić information content (AvgIpc) is 2.46. The summed E-state index contributed by atoms with van der Waals surface area (Å²) in [6.45, 7) is 4.27. The first-order valence-electron chi connectivity index (χ1n) is 7.09. The summed E-state index contributed by atoms with van der Waals surface area (Å²) >= 11 is 0. The molecular formula is C15H25ClN2O3. The summed E-state index contributed by atoms with van der Waals surface area (Å²) in [6.07, 6.45) is 1.94. The van der Waals surface area contributed by atoms with Gasteiger partial charge in [0, 0.05) is 13.0 Å². The molecule has 0 saturated carbocycles. The number of amides is 1. The minimum absolute atomic E-state index is 0. The van der Waals surface area contributed by atoms with Crippen LogP contribution < -0.4 is 20.5 Å². The molecule has 0 heterocycles. The largest absolute Gasteiger partial charge is 0.490 e. The molecule has 1 rings (SSSR count). The van der Waals surface area contributed by atoms with Gasteiger partial charge in [-0.15, -0.1) is 12.4 Å². The highest BCUT2D eigenvalue weighted by atomic mass is 35.5. The summed E-state index contributed by atoms with van der Waals surface area (Å²) in [6, 6.07) is 7.55. The van der Waals surface area contributed by atoms with Gasteiger partial charge in [-0.05, 0) is 38.4 Å². The molecule has 1 aromatic carbocycles. The molecule has 0 aliphatic carbocycles. The number of halogens is 1. The van der Waals surface area contributed by atoms with E-state index < -0.39 is 0 Å². The Bertz CT molecular complexity index is 402. The van der Waals surface area contributed by atoms with E-state index in [1.807, 2.05) is 31.2 Å². The smallest absolute Gasteiger partial charge is 0.220 e. The van der Waals surface area contributed by atoms with Crippen LogP contribution in [-0.4, -0.2) is 32.2 Å². The van der Waals surface area contributed by atoms with Crippen molar-refractivity contribution in [2.45, 2.75) is 26.2 Å². The molecule has 0 aliphatic heterocycles. The van der Waals surface area contributed by atoms with Crippen LogP contribution in [0.4, 0.5) is 0 Å². The van der Waals surface area contributed by atoms with Gasteiger partial charge in [0.15, 0.2) is 11.5 Å². The molecule has 0 aliphatic rings. The highest BCUT2D eigenvalue weighted by Gasteiger charge is 2.04. The zero-order valence-corrected chi connectivity index (χ0v) is 13.3. The van der Waals surface area contributed by atoms with Crippen molar-refractivity contribution >= 4 is 18.3 Å². The molecule has 0 atom stereocenters. The van der Waals surface area contributed by atoms with Gasteiger partial charge in [-0.3, -0.25) is 4.79 Å². The fourth-order valence-corrected chi connectivity index (χ4v) is 1.68. The molecule has 3 N–H and O–H groups in total. The van der Waals surface area contributed by atoms with Crippen molar-refractivity contribution in [3.8, 4) is 11.5 Å². The van der Waals surface area contributed by atoms with Crippen LogP contribution >= 0.6 is 12.4 Å². The van der Waals surface area contributed by atoms with Crippen LogP contribution in [0.15, 0.2) is 24.3 Å². The number of ether oxygens (including phenoxy) is 2. The molecule has 1 aromatic rings. The van der Waals surface area contributed by atoms with Crippen molar-refractivity contribution in [2.24, 2.45) is 5.73 Å². The van der Waals surface area contributed by atoms with E-state index >= 15 is 0 Å². The van der Waals surface area contributed by atoms with Gasteiger partial charge in [0.05, 0.1) is 13.2 Å². The van der Waals surface area contributed by atoms with Crippen LogP contribution in [0.3, 0.4) is 0 Å². The first kappa shape index (κ1) is 19.5. The number of nitrogens with two attached hydrogens (primary N) is 1. The van der Waals surface area contributed by atoms with Crippen LogP contribution in [0.1, 0.15) is 26.2 Å². The van der Waals surface area contributed by atoms with Crippen LogP contribution in [-0.2, 0) is 4.79 Å². The Morgan fingerprint density at radius 2 is 1.86 bits per heavy atom. The van der Waals surface area contributed by atoms with Gasteiger partial charge < -0.3 is 20.5 Å². The summed E-state index contributed by atoms with van der Waals surface area (Å²) in [4.78, 5) is 11.5. The summed E-state index contributed by atoms with van der Waals surface area (Å²) in [5.41, 5.74) is 5.36. The van der Waals surface area contributed by atoms with Crippen molar-refractivity contribution in [3.05, 3.63) is 24.3 Å². The molecule has 21 heavy (non-hydrogen) atoms. The molecule has 1 amide bonds. The summed E-state index contributed by atoms with van der Waals surface area (Å²) in [5.74, 6) is 1.50. The number of para-hydroxylation sites is 2. The standard InChI is InChI=1S/C15H24N2O3.ClH/c1-2-19-13-7-3-4-8-14(13)20-12-5-9-15(18)17-11-6-10-16;/h3-4,7-8H,2,5-6,9-12,16H2,1H3,(H,17,18);1H. The maximum Gasteiger partial charge on any atom is 0.220 e. The first-order chi connectivity index (χ1) is 9.77. The second-order valence-electron chi connectivity index (χ2n) is 4.32. The second kappa shape index (κ2) is 12.3. The van der Waals surface area contributed by atoms with Crippen LogP contribution in [0.5, 0.6) is 11.5 Å². The summed E-state index contributed by atoms with van der Waals surface area (Å²) < 4.78 is 11.1. The monoisotopic (exact) mass is 316 g/mol. The predicted molar refractivity (Wildman–Crippen MR) is 86.3 cm³/mol. The molecule has 0 aromatic heterocycles. The Balaban J connectivity index is 0.00000400. The molecule has 6 heteroatoms. The lowest BCUT2D eigenvalue weighted by atomic mass is 10.3. The molecular weight excluding hydrogens is 292 g/mol. The normalized spacial score (nSPS) is 9.62. The molecule has 0 saturated heterocycles. The molecule has 0 spiro atoms. The quantitative estimate of drug-likeness (QED) is 0.649. The fraction of sp³-hybridized carbons (Fsp3) is 0.533. The lowest BCUT2D eigenvalue weighted by molar-refractivity contribution is -0.121. The van der Waals surface area contributed by atoms with E-state index in [1.54, 1.807) is 0 Å². The Kier molecular flexibility index (Phi) is 11.4. The van der Waals surface area contributed by atoms with Gasteiger partial charge in [0.1, 0.15) is 0 Å². The number of carbonyl (C=O) groups is 1. The summed E-state index contributed by atoms with van der Waals surface area (Å²) in [7, 11) is 0. The Labute approximate surface area is 132 Å². The Morgan fingerprint density at radius 1 is 1.19 bits per heavy atom. The van der Waals surface area contributed by atoms with E-state index in [1.165, 1.54) is 0 Å². The number of hydrogen-bond donors (Lipinski definition) is 2. The van der Waals surface area contributed by atoms with Crippen molar-refractivity contribution in [1.82, 2.24) is 5.32 Å². The SMILES string of the molecule is CCOc1ccccc1OCCCC(=O)NCCCN.Cl. The van der Waals surface area contributed by atoms with Crippen molar-refractivity contribution < 1.29 is 14.3 Å². The average molecular weight is 317 g/mol. The third kappa shape index (κ3) is 8.42. The molecule has 0 bridgehead atoms. The number of rotatable bonds is 10. The Hall–Kier alpha value is -1.46. The van der Waals surface area contributed by atoms with E-state index in [0.717, 1.165) is 17.9 Å². The Morgan fingerprint density at radius 3 is 2.48 bits per heavy atom. The topological polar surface area (TPSA) is 73.6 Å². The minimum Gasteiger partial charge on any atom is -0.490 e. The predicted octanol–water partition coefficient (Wildman–Crippen LogP) is 2.13. The van der Waals surface area contributed by atoms with E-state index in [-0.39, 0.29) is 18.3 Å². The van der Waals surface area contributed by atoms with Crippen LogP contribution in [0.2, 0.25) is 0 Å². The van der Waals surface area contributed by atoms with Crippen molar-refractivity contribution in [2.75, 3.05) is 26.3 Å². The number of carbonyl (C=O) groups excluding carboxylic acids is 1. The fourth-order valence-electron chi connectivity index (χ4n) is 1.68. The summed E-state index contributed by atoms with van der Waals surface area (Å²) in [5, 5.41) is 2.81. The number of nitrogens with one attached hydrogen (secondary N) is 1. The zero-order chi connectivity index (χ0) is 14.6. The number of hydrogen-bond acceptors (Lipinski definition) is 4. The van der Waals surface area contributed by atoms with Crippen molar-refractivity contribution in [1.29, 1.82) is 0 Å². The zero-order valence-electron chi connectivity index (χ0n) is 12.5. The van der Waals surface area contributed by atoms with Gasteiger partial charge in [-0.25, -0.2) is 0 Å². The van der Waals surface area contributed by atoms with Crippen LogP contribution in [0.25, 0.3) is 0 Å². The van der Waals surface area contributed by atoms with E-state index in [0.29, 0.717) is 39.1 Å². The highest BCUT2D eigenvalue weighted by Crippen LogP contribution is 2.26. The van der Waals surface area contributed by atoms with E-state index in [2.05, 4.69) is 5.32 Å².